The summed E-state index contributed by atoms with van der Waals surface area (Å²) in [6.07, 6.45) is -5.71. The molecule has 1 aromatic carbocycles. The molecule has 1 N–H and O–H groups in total. The first-order valence-electron chi connectivity index (χ1n) is 4.22. The molecule has 0 bridgehead atoms. The summed E-state index contributed by atoms with van der Waals surface area (Å²) in [5.41, 5.74) is -0.195. The summed E-state index contributed by atoms with van der Waals surface area (Å²) in [6, 6.07) is 1.62. The number of carbonyl (C=O) groups is 1. The average Bonchev–Trinajstić information content (AvgIpc) is 2.16. The summed E-state index contributed by atoms with van der Waals surface area (Å²) >= 11 is 5.59. The average molecular weight is 252 g/mol. The maximum absolute atomic E-state index is 12.6. The Balaban J connectivity index is 2.52. The predicted octanol–water partition coefficient (Wildman–Crippen LogP) is 3.05. The molecule has 7 heteroatoms. The van der Waals surface area contributed by atoms with E-state index < -0.39 is 18.3 Å². The van der Waals surface area contributed by atoms with Crippen LogP contribution in [0.1, 0.15) is 11.6 Å². The molecule has 1 aromatic rings. The van der Waals surface area contributed by atoms with E-state index in [0.717, 1.165) is 6.07 Å². The van der Waals surface area contributed by atoms with Gasteiger partial charge in [-0.05, 0) is 18.2 Å². The lowest BCUT2D eigenvalue weighted by molar-refractivity contribution is -0.157. The van der Waals surface area contributed by atoms with E-state index in [4.69, 9.17) is 11.6 Å². The Kier molecular flexibility index (Phi) is 2.46. The van der Waals surface area contributed by atoms with Crippen LogP contribution in [-0.4, -0.2) is 12.3 Å². The minimum atomic E-state index is -4.58. The number of amides is 1. The first-order valence-corrected chi connectivity index (χ1v) is 4.60. The highest BCUT2D eigenvalue weighted by atomic mass is 35.5. The number of hydrogen-bond donors (Lipinski definition) is 1. The number of nitrogens with one attached hydrogen (secondary N) is 1. The zero-order valence-corrected chi connectivity index (χ0v) is 8.39. The third-order valence-corrected chi connectivity index (χ3v) is 2.31. The van der Waals surface area contributed by atoms with Gasteiger partial charge < -0.3 is 10.1 Å². The number of ether oxygens (including phenoxy) is 1. The van der Waals surface area contributed by atoms with Crippen molar-refractivity contribution in [2.45, 2.75) is 12.2 Å². The van der Waals surface area contributed by atoms with Crippen LogP contribution in [0.4, 0.5) is 18.0 Å². The molecular weight excluding hydrogens is 247 g/mol. The van der Waals surface area contributed by atoms with Crippen molar-refractivity contribution in [1.82, 2.24) is 5.32 Å². The molecule has 0 fully saturated rings. The summed E-state index contributed by atoms with van der Waals surface area (Å²) in [6.45, 7) is 0. The molecule has 2 rings (SSSR count). The molecule has 1 unspecified atom stereocenters. The van der Waals surface area contributed by atoms with Crippen molar-refractivity contribution in [2.75, 3.05) is 0 Å². The first kappa shape index (κ1) is 11.1. The molecule has 0 spiro atoms. The second kappa shape index (κ2) is 3.55. The van der Waals surface area contributed by atoms with Crippen molar-refractivity contribution >= 4 is 17.7 Å². The van der Waals surface area contributed by atoms with Crippen molar-refractivity contribution < 1.29 is 22.7 Å². The van der Waals surface area contributed by atoms with Gasteiger partial charge in [-0.1, -0.05) is 11.6 Å². The standard InChI is InChI=1S/C9H5ClF3NO2/c10-4-1-2-6-5(3-4)7(9(11,12)13)14-8(15)16-6/h1-3,7H,(H,14,15). The Hall–Kier alpha value is -1.43. The van der Waals surface area contributed by atoms with E-state index in [0.29, 0.717) is 0 Å². The fraction of sp³-hybridized carbons (Fsp3) is 0.222. The highest BCUT2D eigenvalue weighted by Crippen LogP contribution is 2.40. The number of rotatable bonds is 0. The van der Waals surface area contributed by atoms with E-state index >= 15 is 0 Å². The fourth-order valence-corrected chi connectivity index (χ4v) is 1.60. The van der Waals surface area contributed by atoms with Gasteiger partial charge in [0.25, 0.3) is 0 Å². The van der Waals surface area contributed by atoms with Crippen molar-refractivity contribution in [2.24, 2.45) is 0 Å². The SMILES string of the molecule is O=C1NC(C(F)(F)F)c2cc(Cl)ccc2O1. The molecule has 0 aromatic heterocycles. The molecule has 1 amide bonds. The fourth-order valence-electron chi connectivity index (χ4n) is 1.42. The molecule has 1 aliphatic rings. The molecule has 1 atom stereocenters. The highest BCUT2D eigenvalue weighted by molar-refractivity contribution is 6.30. The van der Waals surface area contributed by atoms with Gasteiger partial charge in [0.2, 0.25) is 0 Å². The summed E-state index contributed by atoms with van der Waals surface area (Å²) in [5.74, 6) is -0.129. The molecule has 16 heavy (non-hydrogen) atoms. The summed E-state index contributed by atoms with van der Waals surface area (Å²) in [7, 11) is 0. The normalized spacial score (nSPS) is 19.8. The third kappa shape index (κ3) is 1.92. The first-order chi connectivity index (χ1) is 7.38. The van der Waals surface area contributed by atoms with Crippen molar-refractivity contribution in [3.63, 3.8) is 0 Å². The minimum Gasteiger partial charge on any atom is -0.410 e. The number of alkyl halides is 3. The van der Waals surface area contributed by atoms with E-state index in [-0.39, 0.29) is 16.3 Å². The topological polar surface area (TPSA) is 38.3 Å². The lowest BCUT2D eigenvalue weighted by atomic mass is 10.0. The van der Waals surface area contributed by atoms with Crippen molar-refractivity contribution in [3.8, 4) is 5.75 Å². The largest absolute Gasteiger partial charge is 0.413 e. The van der Waals surface area contributed by atoms with E-state index in [1.165, 1.54) is 12.1 Å². The van der Waals surface area contributed by atoms with Crippen LogP contribution in [-0.2, 0) is 0 Å². The maximum Gasteiger partial charge on any atom is 0.413 e. The lowest BCUT2D eigenvalue weighted by Crippen LogP contribution is -2.43. The number of fused-ring (bicyclic) bond motifs is 1. The predicted molar refractivity (Wildman–Crippen MR) is 49.4 cm³/mol. The van der Waals surface area contributed by atoms with Gasteiger partial charge in [-0.25, -0.2) is 4.79 Å². The second-order valence-electron chi connectivity index (χ2n) is 3.19. The summed E-state index contributed by atoms with van der Waals surface area (Å²) in [4.78, 5) is 10.9. The zero-order chi connectivity index (χ0) is 11.9. The van der Waals surface area contributed by atoms with Crippen LogP contribution in [0, 0.1) is 0 Å². The molecule has 0 radical (unpaired) electrons. The van der Waals surface area contributed by atoms with Crippen LogP contribution in [0.5, 0.6) is 5.75 Å². The van der Waals surface area contributed by atoms with Gasteiger partial charge in [0, 0.05) is 10.6 Å². The summed E-state index contributed by atoms with van der Waals surface area (Å²) < 4.78 is 42.4. The van der Waals surface area contributed by atoms with Gasteiger partial charge in [-0.15, -0.1) is 0 Å². The molecular formula is C9H5ClF3NO2. The Morgan fingerprint density at radius 2 is 2.06 bits per heavy atom. The van der Waals surface area contributed by atoms with E-state index in [1.807, 2.05) is 0 Å². The van der Waals surface area contributed by atoms with E-state index in [9.17, 15) is 18.0 Å². The van der Waals surface area contributed by atoms with Crippen LogP contribution in [0.25, 0.3) is 0 Å². The molecule has 0 saturated heterocycles. The lowest BCUT2D eigenvalue weighted by Gasteiger charge is -2.27. The molecule has 86 valence electrons. The molecule has 1 heterocycles. The molecule has 3 nitrogen and oxygen atoms in total. The number of carbonyl (C=O) groups excluding carboxylic acids is 1. The second-order valence-corrected chi connectivity index (χ2v) is 3.63. The van der Waals surface area contributed by atoms with Gasteiger partial charge in [0.15, 0.2) is 6.04 Å². The zero-order valence-electron chi connectivity index (χ0n) is 7.64. The van der Waals surface area contributed by atoms with E-state index in [1.54, 1.807) is 5.32 Å². The van der Waals surface area contributed by atoms with Gasteiger partial charge in [0.05, 0.1) is 0 Å². The van der Waals surface area contributed by atoms with Crippen LogP contribution in [0.2, 0.25) is 5.02 Å². The Morgan fingerprint density at radius 3 is 2.69 bits per heavy atom. The summed E-state index contributed by atoms with van der Waals surface area (Å²) in [5, 5.41) is 1.84. The number of hydrogen-bond acceptors (Lipinski definition) is 2. The third-order valence-electron chi connectivity index (χ3n) is 2.08. The van der Waals surface area contributed by atoms with Gasteiger partial charge in [-0.3, -0.25) is 0 Å². The monoisotopic (exact) mass is 251 g/mol. The molecule has 0 saturated carbocycles. The quantitative estimate of drug-likeness (QED) is 0.770. The van der Waals surface area contributed by atoms with Gasteiger partial charge in [0.1, 0.15) is 5.75 Å². The van der Waals surface area contributed by atoms with Crippen molar-refractivity contribution in [3.05, 3.63) is 28.8 Å². The number of benzene rings is 1. The maximum atomic E-state index is 12.6. The molecule has 0 aliphatic carbocycles. The smallest absolute Gasteiger partial charge is 0.410 e. The van der Waals surface area contributed by atoms with Crippen LogP contribution >= 0.6 is 11.6 Å². The Morgan fingerprint density at radius 1 is 1.38 bits per heavy atom. The van der Waals surface area contributed by atoms with Gasteiger partial charge >= 0.3 is 12.3 Å². The highest BCUT2D eigenvalue weighted by Gasteiger charge is 2.46. The van der Waals surface area contributed by atoms with Crippen LogP contribution < -0.4 is 10.1 Å². The molecule has 1 aliphatic heterocycles. The Labute approximate surface area is 93.1 Å². The Bertz CT molecular complexity index is 447. The van der Waals surface area contributed by atoms with E-state index in [2.05, 4.69) is 4.74 Å². The number of halogens is 4. The van der Waals surface area contributed by atoms with Crippen LogP contribution in [0.3, 0.4) is 0 Å². The van der Waals surface area contributed by atoms with Gasteiger partial charge in [-0.2, -0.15) is 13.2 Å². The minimum absolute atomic E-state index is 0.129. The van der Waals surface area contributed by atoms with Crippen LogP contribution in [0.15, 0.2) is 18.2 Å². The van der Waals surface area contributed by atoms with Crippen molar-refractivity contribution in [1.29, 1.82) is 0 Å².